The number of nitrogens with zero attached hydrogens (tertiary/aromatic N) is 3. The molecule has 0 aromatic carbocycles. The molecular weight excluding hydrogens is 250 g/mol. The number of rotatable bonds is 4. The highest BCUT2D eigenvalue weighted by Gasteiger charge is 2.15. The predicted molar refractivity (Wildman–Crippen MR) is 66.1 cm³/mol. The quantitative estimate of drug-likeness (QED) is 0.749. The number of carbonyl (C=O) groups is 2. The van der Waals surface area contributed by atoms with Gasteiger partial charge >= 0.3 is 5.97 Å². The van der Waals surface area contributed by atoms with Gasteiger partial charge < -0.3 is 10.4 Å². The minimum atomic E-state index is -1.14. The van der Waals surface area contributed by atoms with E-state index in [1.807, 2.05) is 6.92 Å². The van der Waals surface area contributed by atoms with E-state index in [-0.39, 0.29) is 11.5 Å². The van der Waals surface area contributed by atoms with Crippen molar-refractivity contribution in [2.75, 3.05) is 5.32 Å². The molecule has 3 N–H and O–H groups in total. The van der Waals surface area contributed by atoms with Gasteiger partial charge in [0.2, 0.25) is 0 Å². The lowest BCUT2D eigenvalue weighted by atomic mass is 10.3. The highest BCUT2D eigenvalue weighted by Crippen LogP contribution is 2.09. The van der Waals surface area contributed by atoms with Gasteiger partial charge in [-0.1, -0.05) is 6.92 Å². The summed E-state index contributed by atoms with van der Waals surface area (Å²) in [5.41, 5.74) is 1.10. The van der Waals surface area contributed by atoms with E-state index in [9.17, 15) is 9.59 Å². The Hall–Kier alpha value is -2.64. The molecular formula is C11H13N5O3. The summed E-state index contributed by atoms with van der Waals surface area (Å²) < 4.78 is 1.47. The van der Waals surface area contributed by atoms with Crippen LogP contribution < -0.4 is 5.32 Å². The fourth-order valence-corrected chi connectivity index (χ4v) is 1.59. The number of hydrogen-bond donors (Lipinski definition) is 3. The first-order chi connectivity index (χ1) is 9.01. The summed E-state index contributed by atoms with van der Waals surface area (Å²) in [7, 11) is 1.67. The summed E-state index contributed by atoms with van der Waals surface area (Å²) in [6.45, 7) is 1.94. The van der Waals surface area contributed by atoms with E-state index in [1.54, 1.807) is 13.1 Å². The van der Waals surface area contributed by atoms with Gasteiger partial charge in [0.05, 0.1) is 5.69 Å². The summed E-state index contributed by atoms with van der Waals surface area (Å²) in [5.74, 6) is -1.37. The number of carbonyl (C=O) groups excluding carboxylic acids is 1. The van der Waals surface area contributed by atoms with E-state index in [0.717, 1.165) is 12.1 Å². The van der Waals surface area contributed by atoms with E-state index in [2.05, 4.69) is 20.6 Å². The Kier molecular flexibility index (Phi) is 3.32. The molecule has 0 spiro atoms. The first-order valence-electron chi connectivity index (χ1n) is 5.64. The van der Waals surface area contributed by atoms with Gasteiger partial charge in [-0.2, -0.15) is 10.2 Å². The number of amides is 1. The zero-order valence-corrected chi connectivity index (χ0v) is 10.5. The number of H-pyrrole nitrogens is 1. The standard InChI is InChI=1S/C11H13N5O3/c1-3-6-4-8(16(2)15-6)10(17)12-9-5-7(11(18)19)13-14-9/h4-5H,3H2,1-2H3,(H,18,19)(H2,12,13,14,17). The fraction of sp³-hybridized carbons (Fsp3) is 0.273. The van der Waals surface area contributed by atoms with Gasteiger partial charge in [0.15, 0.2) is 5.82 Å². The third-order valence-electron chi connectivity index (χ3n) is 2.58. The molecule has 0 aliphatic rings. The second-order valence-corrected chi connectivity index (χ2v) is 3.92. The predicted octanol–water partition coefficient (Wildman–Crippen LogP) is 0.656. The van der Waals surface area contributed by atoms with Crippen LogP contribution in [0.4, 0.5) is 5.82 Å². The van der Waals surface area contributed by atoms with Gasteiger partial charge in [-0.15, -0.1) is 0 Å². The zero-order chi connectivity index (χ0) is 14.0. The van der Waals surface area contributed by atoms with Gasteiger partial charge in [-0.25, -0.2) is 4.79 Å². The van der Waals surface area contributed by atoms with Crippen LogP contribution in [0.5, 0.6) is 0 Å². The van der Waals surface area contributed by atoms with Crippen molar-refractivity contribution in [3.05, 3.63) is 29.2 Å². The molecule has 0 radical (unpaired) electrons. The minimum Gasteiger partial charge on any atom is -0.477 e. The highest BCUT2D eigenvalue weighted by atomic mass is 16.4. The highest BCUT2D eigenvalue weighted by molar-refractivity contribution is 6.03. The van der Waals surface area contributed by atoms with Crippen LogP contribution in [-0.4, -0.2) is 37.0 Å². The number of carboxylic acid groups (broad SMARTS) is 1. The van der Waals surface area contributed by atoms with E-state index < -0.39 is 11.9 Å². The van der Waals surface area contributed by atoms with Crippen LogP contribution in [0, 0.1) is 0 Å². The Bertz CT molecular complexity index is 628. The lowest BCUT2D eigenvalue weighted by molar-refractivity contribution is 0.0690. The van der Waals surface area contributed by atoms with E-state index in [0.29, 0.717) is 5.69 Å². The van der Waals surface area contributed by atoms with Crippen LogP contribution in [0.2, 0.25) is 0 Å². The van der Waals surface area contributed by atoms with Gasteiger partial charge in [0.25, 0.3) is 5.91 Å². The first kappa shape index (κ1) is 12.8. The number of aromatic carboxylic acids is 1. The number of aromatic nitrogens is 4. The summed E-state index contributed by atoms with van der Waals surface area (Å²) in [4.78, 5) is 22.6. The van der Waals surface area contributed by atoms with Crippen molar-refractivity contribution >= 4 is 17.7 Å². The number of aryl methyl sites for hydroxylation is 2. The Morgan fingerprint density at radius 2 is 2.21 bits per heavy atom. The Labute approximate surface area is 108 Å². The molecule has 19 heavy (non-hydrogen) atoms. The Balaban J connectivity index is 2.15. The lowest BCUT2D eigenvalue weighted by Crippen LogP contribution is -2.16. The summed E-state index contributed by atoms with van der Waals surface area (Å²) in [5, 5.41) is 21.4. The molecule has 0 saturated carbocycles. The normalized spacial score (nSPS) is 10.4. The smallest absolute Gasteiger partial charge is 0.353 e. The molecule has 0 aliphatic heterocycles. The zero-order valence-electron chi connectivity index (χ0n) is 10.5. The van der Waals surface area contributed by atoms with Crippen LogP contribution in [0.25, 0.3) is 0 Å². The molecule has 0 atom stereocenters. The third-order valence-corrected chi connectivity index (χ3v) is 2.58. The first-order valence-corrected chi connectivity index (χ1v) is 5.64. The largest absolute Gasteiger partial charge is 0.477 e. The number of aromatic amines is 1. The molecule has 2 rings (SSSR count). The molecule has 100 valence electrons. The Morgan fingerprint density at radius 3 is 2.74 bits per heavy atom. The summed E-state index contributed by atoms with van der Waals surface area (Å²) in [6.07, 6.45) is 0.729. The van der Waals surface area contributed by atoms with Crippen LogP contribution >= 0.6 is 0 Å². The molecule has 8 heteroatoms. The SMILES string of the molecule is CCc1cc(C(=O)Nc2cc(C(=O)O)[nH]n2)n(C)n1. The fourth-order valence-electron chi connectivity index (χ4n) is 1.59. The number of nitrogens with one attached hydrogen (secondary N) is 2. The van der Waals surface area contributed by atoms with E-state index >= 15 is 0 Å². The van der Waals surface area contributed by atoms with Crippen LogP contribution in [-0.2, 0) is 13.5 Å². The maximum absolute atomic E-state index is 12.0. The average Bonchev–Trinajstić information content (AvgIpc) is 2.95. The minimum absolute atomic E-state index is 0.0884. The van der Waals surface area contributed by atoms with Gasteiger partial charge in [0.1, 0.15) is 11.4 Å². The van der Waals surface area contributed by atoms with Crippen molar-refractivity contribution in [1.29, 1.82) is 0 Å². The van der Waals surface area contributed by atoms with Gasteiger partial charge in [-0.3, -0.25) is 14.6 Å². The second kappa shape index (κ2) is 4.92. The molecule has 0 unspecified atom stereocenters. The van der Waals surface area contributed by atoms with Crippen LogP contribution in [0.15, 0.2) is 12.1 Å². The molecule has 1 amide bonds. The molecule has 2 heterocycles. The molecule has 0 saturated heterocycles. The third kappa shape index (κ3) is 2.62. The van der Waals surface area contributed by atoms with Crippen molar-refractivity contribution in [2.24, 2.45) is 7.05 Å². The average molecular weight is 263 g/mol. The van der Waals surface area contributed by atoms with E-state index in [1.165, 1.54) is 10.7 Å². The van der Waals surface area contributed by atoms with Crippen LogP contribution in [0.1, 0.15) is 33.6 Å². The molecule has 0 fully saturated rings. The molecule has 2 aromatic rings. The van der Waals surface area contributed by atoms with Crippen molar-refractivity contribution in [1.82, 2.24) is 20.0 Å². The molecule has 8 nitrogen and oxygen atoms in total. The lowest BCUT2D eigenvalue weighted by Gasteiger charge is -2.00. The monoisotopic (exact) mass is 263 g/mol. The topological polar surface area (TPSA) is 113 Å². The van der Waals surface area contributed by atoms with Gasteiger partial charge in [0, 0.05) is 13.1 Å². The molecule has 0 bridgehead atoms. The van der Waals surface area contributed by atoms with Crippen molar-refractivity contribution < 1.29 is 14.7 Å². The van der Waals surface area contributed by atoms with Gasteiger partial charge in [-0.05, 0) is 12.5 Å². The number of carboxylic acids is 1. The van der Waals surface area contributed by atoms with Crippen molar-refractivity contribution in [3.63, 3.8) is 0 Å². The number of anilines is 1. The molecule has 0 aliphatic carbocycles. The molecule has 2 aromatic heterocycles. The number of hydrogen-bond acceptors (Lipinski definition) is 4. The van der Waals surface area contributed by atoms with Crippen molar-refractivity contribution in [3.8, 4) is 0 Å². The van der Waals surface area contributed by atoms with Crippen LogP contribution in [0.3, 0.4) is 0 Å². The maximum Gasteiger partial charge on any atom is 0.353 e. The van der Waals surface area contributed by atoms with E-state index in [4.69, 9.17) is 5.11 Å². The summed E-state index contributed by atoms with van der Waals surface area (Å²) in [6, 6.07) is 2.93. The van der Waals surface area contributed by atoms with Crippen molar-refractivity contribution in [2.45, 2.75) is 13.3 Å². The Morgan fingerprint density at radius 1 is 1.47 bits per heavy atom. The maximum atomic E-state index is 12.0. The summed E-state index contributed by atoms with van der Waals surface area (Å²) >= 11 is 0. The second-order valence-electron chi connectivity index (χ2n) is 3.92.